The zero-order valence-corrected chi connectivity index (χ0v) is 22.0. The molecule has 0 bridgehead atoms. The van der Waals surface area contributed by atoms with Crippen molar-refractivity contribution in [3.63, 3.8) is 0 Å². The first kappa shape index (κ1) is 23.1. The lowest BCUT2D eigenvalue weighted by Gasteiger charge is -2.30. The molecule has 2 aliphatic heterocycles. The Morgan fingerprint density at radius 1 is 0.526 bits per heavy atom. The molecule has 2 atom stereocenters. The van der Waals surface area contributed by atoms with Crippen LogP contribution in [-0.2, 0) is 15.3 Å². The highest BCUT2D eigenvalue weighted by Crippen LogP contribution is 2.59. The lowest BCUT2D eigenvalue weighted by atomic mass is 10.0. The molecule has 38 heavy (non-hydrogen) atoms. The third kappa shape index (κ3) is 3.70. The number of para-hydroxylation sites is 3. The first-order valence-corrected chi connectivity index (χ1v) is 15.6. The molecule has 2 heterocycles. The van der Waals surface area contributed by atoms with Gasteiger partial charge in [0.25, 0.3) is 7.37 Å². The summed E-state index contributed by atoms with van der Waals surface area (Å²) in [6, 6.07) is 37.3. The maximum atomic E-state index is 14.5. The number of hydrogen-bond acceptors (Lipinski definition) is 5. The minimum absolute atomic E-state index is 0.0761. The summed E-state index contributed by atoms with van der Waals surface area (Å²) in [5.74, 6) is 1.43. The van der Waals surface area contributed by atoms with E-state index in [4.69, 9.17) is 13.6 Å². The second-order valence-corrected chi connectivity index (χ2v) is 13.4. The molecule has 0 fully saturated rings. The number of hydrogen-bond donors (Lipinski definition) is 0. The highest BCUT2D eigenvalue weighted by Gasteiger charge is 2.41. The smallest absolute Gasteiger partial charge is 0.439 e. The fraction of sp³-hybridized carbons (Fsp3) is 0.0323. The van der Waals surface area contributed by atoms with E-state index in [2.05, 4.69) is 0 Å². The first-order valence-electron chi connectivity index (χ1n) is 12.3. The van der Waals surface area contributed by atoms with Gasteiger partial charge in [-0.3, -0.25) is 4.57 Å². The van der Waals surface area contributed by atoms with E-state index < -0.39 is 15.0 Å². The van der Waals surface area contributed by atoms with E-state index in [0.29, 0.717) is 33.4 Å². The zero-order chi connectivity index (χ0) is 25.7. The Morgan fingerprint density at radius 3 is 1.74 bits per heavy atom. The number of rotatable bonds is 4. The van der Waals surface area contributed by atoms with Crippen LogP contribution in [0.4, 0.5) is 0 Å². The summed E-state index contributed by atoms with van der Waals surface area (Å²) in [6.07, 6.45) is 0.0761. The van der Waals surface area contributed by atoms with Gasteiger partial charge in [-0.1, -0.05) is 91.0 Å². The fourth-order valence-corrected chi connectivity index (χ4v) is 9.37. The molecule has 0 saturated heterocycles. The molecule has 0 N–H and O–H groups in total. The van der Waals surface area contributed by atoms with Crippen molar-refractivity contribution >= 4 is 25.6 Å². The largest absolute Gasteiger partial charge is 0.463 e. The number of fused-ring (bicyclic) bond motifs is 6. The minimum atomic E-state index is -3.81. The van der Waals surface area contributed by atoms with Crippen LogP contribution in [0.1, 0.15) is 5.56 Å². The molecular weight excluding hydrogens is 514 g/mol. The predicted molar refractivity (Wildman–Crippen MR) is 150 cm³/mol. The topological polar surface area (TPSA) is 61.8 Å². The van der Waals surface area contributed by atoms with E-state index in [-0.39, 0.29) is 6.16 Å². The quantitative estimate of drug-likeness (QED) is 0.219. The minimum Gasteiger partial charge on any atom is -0.439 e. The van der Waals surface area contributed by atoms with Crippen molar-refractivity contribution in [2.45, 2.75) is 6.16 Å². The molecule has 0 spiro atoms. The summed E-state index contributed by atoms with van der Waals surface area (Å²) < 4.78 is 47.4. The zero-order valence-electron chi connectivity index (χ0n) is 20.2. The molecule has 2 unspecified atom stereocenters. The SMILES string of the molecule is O=P1(Cc2ccccc2OP2(=O)Oc3ccccc3-c3ccccc32)Oc2ccccc2-c2ccccc21. The Morgan fingerprint density at radius 2 is 1.03 bits per heavy atom. The summed E-state index contributed by atoms with van der Waals surface area (Å²) in [4.78, 5) is 0. The predicted octanol–water partition coefficient (Wildman–Crippen LogP) is 7.81. The van der Waals surface area contributed by atoms with Crippen molar-refractivity contribution in [3.8, 4) is 39.5 Å². The third-order valence-corrected chi connectivity index (χ3v) is 11.1. The van der Waals surface area contributed by atoms with Crippen LogP contribution in [0.3, 0.4) is 0 Å². The molecule has 0 aliphatic carbocycles. The van der Waals surface area contributed by atoms with Gasteiger partial charge in [-0.15, -0.1) is 0 Å². The Hall–Kier alpha value is -4.04. The van der Waals surface area contributed by atoms with Crippen LogP contribution < -0.4 is 24.2 Å². The lowest BCUT2D eigenvalue weighted by molar-refractivity contribution is 0.396. The molecule has 0 aromatic heterocycles. The third-order valence-electron chi connectivity index (χ3n) is 6.86. The summed E-state index contributed by atoms with van der Waals surface area (Å²) in [5.41, 5.74) is 4.10. The van der Waals surface area contributed by atoms with Crippen LogP contribution in [0.2, 0.25) is 0 Å². The molecular formula is C31H22O5P2. The molecule has 5 nitrogen and oxygen atoms in total. The Balaban J connectivity index is 1.29. The van der Waals surface area contributed by atoms with Crippen LogP contribution in [0, 0.1) is 0 Å². The first-order chi connectivity index (χ1) is 18.5. The number of benzene rings is 5. The fourth-order valence-electron chi connectivity index (χ4n) is 5.13. The van der Waals surface area contributed by atoms with Crippen molar-refractivity contribution in [3.05, 3.63) is 127 Å². The summed E-state index contributed by atoms with van der Waals surface area (Å²) >= 11 is 0. The van der Waals surface area contributed by atoms with Gasteiger partial charge in [-0.2, -0.15) is 0 Å². The van der Waals surface area contributed by atoms with E-state index in [1.54, 1.807) is 24.3 Å². The molecule has 5 aromatic rings. The van der Waals surface area contributed by atoms with Gasteiger partial charge in [-0.25, -0.2) is 4.57 Å². The van der Waals surface area contributed by atoms with Gasteiger partial charge in [0, 0.05) is 22.3 Å². The maximum absolute atomic E-state index is 14.5. The Kier molecular flexibility index (Phi) is 5.33. The normalized spacial score (nSPS) is 20.5. The van der Waals surface area contributed by atoms with E-state index in [9.17, 15) is 9.13 Å². The van der Waals surface area contributed by atoms with Crippen molar-refractivity contribution in [1.29, 1.82) is 0 Å². The highest BCUT2D eigenvalue weighted by molar-refractivity contribution is 7.67. The average molecular weight is 536 g/mol. The molecule has 7 rings (SSSR count). The monoisotopic (exact) mass is 536 g/mol. The molecule has 0 saturated carbocycles. The van der Waals surface area contributed by atoms with Crippen molar-refractivity contribution < 1.29 is 22.7 Å². The van der Waals surface area contributed by atoms with E-state index in [0.717, 1.165) is 22.3 Å². The summed E-state index contributed by atoms with van der Waals surface area (Å²) in [6.45, 7) is 0. The van der Waals surface area contributed by atoms with Gasteiger partial charge >= 0.3 is 7.60 Å². The van der Waals surface area contributed by atoms with Crippen LogP contribution >= 0.6 is 15.0 Å². The van der Waals surface area contributed by atoms with Crippen LogP contribution in [0.15, 0.2) is 121 Å². The molecule has 0 radical (unpaired) electrons. The second kappa shape index (κ2) is 8.77. The van der Waals surface area contributed by atoms with E-state index in [1.807, 2.05) is 97.1 Å². The van der Waals surface area contributed by atoms with E-state index in [1.165, 1.54) is 0 Å². The van der Waals surface area contributed by atoms with Crippen molar-refractivity contribution in [1.82, 2.24) is 0 Å². The van der Waals surface area contributed by atoms with Gasteiger partial charge in [0.2, 0.25) is 0 Å². The van der Waals surface area contributed by atoms with Gasteiger partial charge in [0.1, 0.15) is 17.2 Å². The molecule has 5 aromatic carbocycles. The van der Waals surface area contributed by atoms with Crippen LogP contribution in [0.5, 0.6) is 17.2 Å². The van der Waals surface area contributed by atoms with Crippen molar-refractivity contribution in [2.24, 2.45) is 0 Å². The second-order valence-electron chi connectivity index (χ2n) is 9.24. The van der Waals surface area contributed by atoms with Crippen molar-refractivity contribution in [2.75, 3.05) is 0 Å². The van der Waals surface area contributed by atoms with Gasteiger partial charge in [0.15, 0.2) is 0 Å². The van der Waals surface area contributed by atoms with Gasteiger partial charge in [-0.05, 0) is 35.9 Å². The van der Waals surface area contributed by atoms with Crippen LogP contribution in [-0.4, -0.2) is 0 Å². The van der Waals surface area contributed by atoms with E-state index >= 15 is 0 Å². The maximum Gasteiger partial charge on any atom is 0.463 e. The van der Waals surface area contributed by atoms with Gasteiger partial charge < -0.3 is 13.6 Å². The van der Waals surface area contributed by atoms with Crippen LogP contribution in [0.25, 0.3) is 22.3 Å². The molecule has 7 heteroatoms. The molecule has 2 aliphatic rings. The Labute approximate surface area is 220 Å². The molecule has 186 valence electrons. The Bertz CT molecular complexity index is 1680. The summed E-state index contributed by atoms with van der Waals surface area (Å²) in [7, 11) is -7.20. The standard InChI is InChI=1S/C31H22O5P2/c32-37(30-19-9-4-14-25(30)23-12-2-7-17-28(23)34-37)21-22-11-1-6-16-27(22)35-38(33)31-20-10-5-15-26(31)24-13-3-8-18-29(24)36-38/h1-20H,21H2. The average Bonchev–Trinajstić information content (AvgIpc) is 2.94. The highest BCUT2D eigenvalue weighted by atomic mass is 31.2. The van der Waals surface area contributed by atoms with Gasteiger partial charge in [0.05, 0.1) is 16.8 Å². The molecule has 0 amide bonds. The summed E-state index contributed by atoms with van der Waals surface area (Å²) in [5, 5.41) is 1.15. The lowest BCUT2D eigenvalue weighted by Crippen LogP contribution is -2.22.